The Hall–Kier alpha value is -1.84. The zero-order valence-electron chi connectivity index (χ0n) is 12.0. The fourth-order valence-electron chi connectivity index (χ4n) is 2.48. The van der Waals surface area contributed by atoms with E-state index in [0.717, 1.165) is 11.1 Å². The van der Waals surface area contributed by atoms with E-state index < -0.39 is 5.54 Å². The summed E-state index contributed by atoms with van der Waals surface area (Å²) in [7, 11) is 0. The molecule has 2 aromatic carbocycles. The van der Waals surface area contributed by atoms with E-state index in [-0.39, 0.29) is 12.5 Å². The van der Waals surface area contributed by atoms with Gasteiger partial charge >= 0.3 is 0 Å². The number of amides is 1. The molecule has 0 fully saturated rings. The highest BCUT2D eigenvalue weighted by atomic mass is 35.5. The zero-order chi connectivity index (χ0) is 15.3. The number of nitrogens with one attached hydrogen (secondary N) is 1. The Bertz CT molecular complexity index is 615. The minimum Gasteiger partial charge on any atom is -0.345 e. The van der Waals surface area contributed by atoms with Gasteiger partial charge in [0.05, 0.1) is 12.1 Å². The van der Waals surface area contributed by atoms with E-state index in [0.29, 0.717) is 11.4 Å². The second-order valence-electron chi connectivity index (χ2n) is 5.23. The van der Waals surface area contributed by atoms with Gasteiger partial charge < -0.3 is 11.1 Å². The zero-order valence-corrected chi connectivity index (χ0v) is 12.7. The molecule has 3 N–H and O–H groups in total. The maximum atomic E-state index is 11.8. The van der Waals surface area contributed by atoms with Crippen LogP contribution >= 0.6 is 11.6 Å². The lowest BCUT2D eigenvalue weighted by Gasteiger charge is -2.32. The molecule has 0 bridgehead atoms. The van der Waals surface area contributed by atoms with Crippen LogP contribution in [0.4, 0.5) is 0 Å². The van der Waals surface area contributed by atoms with Crippen molar-refractivity contribution in [3.8, 4) is 0 Å². The monoisotopic (exact) mass is 302 g/mol. The summed E-state index contributed by atoms with van der Waals surface area (Å²) in [4.78, 5) is 11.8. The molecule has 0 radical (unpaired) electrons. The molecule has 1 atom stereocenters. The van der Waals surface area contributed by atoms with E-state index in [2.05, 4.69) is 5.32 Å². The fourth-order valence-corrected chi connectivity index (χ4v) is 2.82. The van der Waals surface area contributed by atoms with E-state index >= 15 is 0 Å². The smallest absolute Gasteiger partial charge is 0.234 e. The molecule has 0 spiro atoms. The Morgan fingerprint density at radius 2 is 1.76 bits per heavy atom. The number of rotatable bonds is 5. The lowest BCUT2D eigenvalue weighted by Crippen LogP contribution is -2.47. The summed E-state index contributed by atoms with van der Waals surface area (Å²) in [5.41, 5.74) is 6.85. The topological polar surface area (TPSA) is 55.1 Å². The van der Waals surface area contributed by atoms with Gasteiger partial charge in [-0.1, -0.05) is 60.1 Å². The van der Waals surface area contributed by atoms with Crippen LogP contribution in [-0.2, 0) is 16.8 Å². The molecule has 0 saturated carbocycles. The van der Waals surface area contributed by atoms with Crippen molar-refractivity contribution in [2.75, 3.05) is 6.54 Å². The number of hydrogen-bond acceptors (Lipinski definition) is 2. The van der Waals surface area contributed by atoms with E-state index in [9.17, 15) is 4.79 Å². The highest BCUT2D eigenvalue weighted by molar-refractivity contribution is 6.31. The van der Waals surface area contributed by atoms with Gasteiger partial charge in [-0.25, -0.2) is 0 Å². The number of carbonyl (C=O) groups excluding carboxylic acids is 1. The van der Waals surface area contributed by atoms with Crippen molar-refractivity contribution in [2.45, 2.75) is 18.9 Å². The van der Waals surface area contributed by atoms with Crippen molar-refractivity contribution >= 4 is 17.5 Å². The SMILES string of the molecule is CC(Cc1ccccc1)(NC(=O)CN)c1ccccc1Cl. The fraction of sp³-hybridized carbons (Fsp3) is 0.235. The average molecular weight is 303 g/mol. The van der Waals surface area contributed by atoms with Crippen LogP contribution in [0.1, 0.15) is 18.1 Å². The van der Waals surface area contributed by atoms with Crippen molar-refractivity contribution in [1.82, 2.24) is 5.32 Å². The second kappa shape index (κ2) is 6.74. The summed E-state index contributed by atoms with van der Waals surface area (Å²) in [5, 5.41) is 3.63. The van der Waals surface area contributed by atoms with Crippen LogP contribution in [0, 0.1) is 0 Å². The molecular weight excluding hydrogens is 284 g/mol. The molecule has 1 amide bonds. The lowest BCUT2D eigenvalue weighted by molar-refractivity contribution is -0.121. The molecule has 2 rings (SSSR count). The van der Waals surface area contributed by atoms with Crippen LogP contribution in [0.5, 0.6) is 0 Å². The molecule has 3 nitrogen and oxygen atoms in total. The van der Waals surface area contributed by atoms with E-state index in [1.165, 1.54) is 0 Å². The summed E-state index contributed by atoms with van der Waals surface area (Å²) in [5.74, 6) is -0.201. The Kier molecular flexibility index (Phi) is 4.99. The molecule has 0 aliphatic carbocycles. The van der Waals surface area contributed by atoms with Gasteiger partial charge in [0.2, 0.25) is 5.91 Å². The van der Waals surface area contributed by atoms with Crippen molar-refractivity contribution in [1.29, 1.82) is 0 Å². The maximum Gasteiger partial charge on any atom is 0.234 e. The van der Waals surface area contributed by atoms with Crippen LogP contribution in [0.25, 0.3) is 0 Å². The molecule has 0 heterocycles. The van der Waals surface area contributed by atoms with Crippen LogP contribution < -0.4 is 11.1 Å². The number of halogens is 1. The van der Waals surface area contributed by atoms with Gasteiger partial charge in [-0.05, 0) is 30.5 Å². The minimum absolute atomic E-state index is 0.0468. The Morgan fingerprint density at radius 3 is 2.38 bits per heavy atom. The number of benzene rings is 2. The first-order chi connectivity index (χ1) is 10.0. The molecule has 21 heavy (non-hydrogen) atoms. The standard InChI is InChI=1S/C17H19ClN2O/c1-17(20-16(21)12-19,11-13-7-3-2-4-8-13)14-9-5-6-10-15(14)18/h2-10H,11-12,19H2,1H3,(H,20,21). The highest BCUT2D eigenvalue weighted by Crippen LogP contribution is 2.31. The van der Waals surface area contributed by atoms with Gasteiger partial charge in [0, 0.05) is 5.02 Å². The second-order valence-corrected chi connectivity index (χ2v) is 5.63. The summed E-state index contributed by atoms with van der Waals surface area (Å²) in [6.07, 6.45) is 0.642. The molecule has 110 valence electrons. The first kappa shape index (κ1) is 15.5. The third-order valence-corrected chi connectivity index (χ3v) is 3.80. The molecular formula is C17H19ClN2O. The van der Waals surface area contributed by atoms with Crippen molar-refractivity contribution in [3.05, 3.63) is 70.7 Å². The summed E-state index contributed by atoms with van der Waals surface area (Å²) >= 11 is 6.32. The number of hydrogen-bond donors (Lipinski definition) is 2. The van der Waals surface area contributed by atoms with Crippen LogP contribution in [0.15, 0.2) is 54.6 Å². The molecule has 2 aromatic rings. The normalized spacial score (nSPS) is 13.5. The van der Waals surface area contributed by atoms with Crippen LogP contribution in [0.3, 0.4) is 0 Å². The van der Waals surface area contributed by atoms with Gasteiger partial charge in [0.1, 0.15) is 0 Å². The van der Waals surface area contributed by atoms with E-state index in [1.807, 2.05) is 61.5 Å². The maximum absolute atomic E-state index is 11.8. The lowest BCUT2D eigenvalue weighted by atomic mass is 9.85. The van der Waals surface area contributed by atoms with Gasteiger partial charge in [0.15, 0.2) is 0 Å². The third-order valence-electron chi connectivity index (χ3n) is 3.47. The Balaban J connectivity index is 2.39. The first-order valence-electron chi connectivity index (χ1n) is 6.85. The quantitative estimate of drug-likeness (QED) is 0.892. The molecule has 0 saturated heterocycles. The van der Waals surface area contributed by atoms with Gasteiger partial charge in [-0.2, -0.15) is 0 Å². The highest BCUT2D eigenvalue weighted by Gasteiger charge is 2.30. The predicted molar refractivity (Wildman–Crippen MR) is 86.1 cm³/mol. The van der Waals surface area contributed by atoms with E-state index in [4.69, 9.17) is 17.3 Å². The first-order valence-corrected chi connectivity index (χ1v) is 7.23. The molecule has 1 unspecified atom stereocenters. The molecule has 0 aliphatic heterocycles. The van der Waals surface area contributed by atoms with E-state index in [1.54, 1.807) is 0 Å². The van der Waals surface area contributed by atoms with Crippen LogP contribution in [-0.4, -0.2) is 12.5 Å². The Labute approximate surface area is 130 Å². The molecule has 0 aliphatic rings. The van der Waals surface area contributed by atoms with Crippen molar-refractivity contribution in [3.63, 3.8) is 0 Å². The number of carbonyl (C=O) groups is 1. The summed E-state index contributed by atoms with van der Waals surface area (Å²) in [6, 6.07) is 17.5. The number of nitrogens with two attached hydrogens (primary N) is 1. The van der Waals surface area contributed by atoms with Gasteiger partial charge in [-0.15, -0.1) is 0 Å². The van der Waals surface area contributed by atoms with Crippen molar-refractivity contribution in [2.24, 2.45) is 5.73 Å². The van der Waals surface area contributed by atoms with Gasteiger partial charge in [0.25, 0.3) is 0 Å². The minimum atomic E-state index is -0.601. The Morgan fingerprint density at radius 1 is 1.14 bits per heavy atom. The van der Waals surface area contributed by atoms with Crippen molar-refractivity contribution < 1.29 is 4.79 Å². The van der Waals surface area contributed by atoms with Gasteiger partial charge in [-0.3, -0.25) is 4.79 Å². The summed E-state index contributed by atoms with van der Waals surface area (Å²) in [6.45, 7) is 1.92. The molecule has 0 aromatic heterocycles. The largest absolute Gasteiger partial charge is 0.345 e. The predicted octanol–water partition coefficient (Wildman–Crippen LogP) is 2.87. The summed E-state index contributed by atoms with van der Waals surface area (Å²) < 4.78 is 0. The third kappa shape index (κ3) is 3.84. The van der Waals surface area contributed by atoms with Crippen LogP contribution in [0.2, 0.25) is 5.02 Å². The average Bonchev–Trinajstić information content (AvgIpc) is 2.48. The molecule has 4 heteroatoms.